The first-order valence-corrected chi connectivity index (χ1v) is 10.6. The number of rotatable bonds is 9. The molecule has 0 heterocycles. The molecule has 0 amide bonds. The summed E-state index contributed by atoms with van der Waals surface area (Å²) >= 11 is 0. The zero-order chi connectivity index (χ0) is 18.9. The smallest absolute Gasteiger partial charge is 0.303 e. The lowest BCUT2D eigenvalue weighted by Gasteiger charge is -2.21. The Balaban J connectivity index is -0.000000329. The highest BCUT2D eigenvalue weighted by atomic mass is 31.2. The van der Waals surface area contributed by atoms with Crippen LogP contribution in [0.2, 0.25) is 0 Å². The Morgan fingerprint density at radius 3 is 1.00 bits per heavy atom. The first kappa shape index (κ1) is 27.9. The Hall–Kier alpha value is 0.120. The molecule has 0 aromatic carbocycles. The molecule has 11 heteroatoms. The van der Waals surface area contributed by atoms with Gasteiger partial charge in [-0.05, 0) is 38.9 Å². The molecule has 0 bridgehead atoms. The lowest BCUT2D eigenvalue weighted by Crippen LogP contribution is -2.27. The second-order valence-corrected chi connectivity index (χ2v) is 6.74. The molecule has 0 aliphatic heterocycles. The van der Waals surface area contributed by atoms with Gasteiger partial charge in [-0.2, -0.15) is 0 Å². The molecular weight excluding hydrogens is 354 g/mol. The maximum Gasteiger partial charge on any atom is 0.507 e. The molecule has 23 heavy (non-hydrogen) atoms. The largest absolute Gasteiger partial charge is 0.507 e. The van der Waals surface area contributed by atoms with Crippen LogP contribution in [0.5, 0.6) is 0 Å². The van der Waals surface area contributed by atoms with Crippen LogP contribution in [0.1, 0.15) is 59.3 Å². The Labute approximate surface area is 137 Å². The Morgan fingerprint density at radius 2 is 0.870 bits per heavy atom. The van der Waals surface area contributed by atoms with Gasteiger partial charge >= 0.3 is 15.8 Å². The second kappa shape index (κ2) is 17.0. The van der Waals surface area contributed by atoms with Crippen molar-refractivity contribution < 1.29 is 37.1 Å². The van der Waals surface area contributed by atoms with Gasteiger partial charge in [0, 0.05) is 0 Å². The Kier molecular flexibility index (Phi) is 20.6. The van der Waals surface area contributed by atoms with Gasteiger partial charge in [-0.25, -0.2) is 9.13 Å². The van der Waals surface area contributed by atoms with Crippen molar-refractivity contribution in [1.82, 2.24) is 4.90 Å². The maximum atomic E-state index is 10.4. The zero-order valence-corrected chi connectivity index (χ0v) is 15.9. The van der Waals surface area contributed by atoms with Crippen LogP contribution in [0.25, 0.3) is 0 Å². The monoisotopic (exact) mass is 385 g/mol. The fourth-order valence-electron chi connectivity index (χ4n) is 1.48. The van der Waals surface area contributed by atoms with Crippen molar-refractivity contribution >= 4 is 15.8 Å². The fraction of sp³-hybridized carbons (Fsp3) is 1.00. The van der Waals surface area contributed by atoms with Crippen molar-refractivity contribution in [2.45, 2.75) is 59.3 Å². The van der Waals surface area contributed by atoms with Crippen molar-refractivity contribution in [3.05, 3.63) is 0 Å². The molecule has 7 nitrogen and oxygen atoms in total. The SMILES string of the molecule is CCCCN(CCCC)CCCC.O=P(O)(O)F.O=P(O)(O)F. The summed E-state index contributed by atoms with van der Waals surface area (Å²) in [5.74, 6) is 0. The van der Waals surface area contributed by atoms with Crippen LogP contribution in [0.3, 0.4) is 0 Å². The summed E-state index contributed by atoms with van der Waals surface area (Å²) < 4.78 is 38.0. The summed E-state index contributed by atoms with van der Waals surface area (Å²) in [6.07, 6.45) is 8.09. The molecule has 0 aromatic rings. The molecule has 4 N–H and O–H groups in total. The summed E-state index contributed by atoms with van der Waals surface area (Å²) in [7, 11) is -10.3. The molecular formula is C12H31F2NO6P2. The standard InChI is InChI=1S/C12H27N.2FH2O3P/c1-4-7-10-13(11-8-5-2)12-9-6-3;2*1-5(2,3)4/h4-12H2,1-3H3;2*(H2,2,3,4). The highest BCUT2D eigenvalue weighted by Gasteiger charge is 2.05. The lowest BCUT2D eigenvalue weighted by molar-refractivity contribution is 0.261. The normalized spacial score (nSPS) is 11.4. The van der Waals surface area contributed by atoms with Crippen molar-refractivity contribution in [3.63, 3.8) is 0 Å². The fourth-order valence-corrected chi connectivity index (χ4v) is 1.48. The number of unbranched alkanes of at least 4 members (excludes halogenated alkanes) is 3. The van der Waals surface area contributed by atoms with Crippen molar-refractivity contribution in [2.24, 2.45) is 0 Å². The van der Waals surface area contributed by atoms with E-state index in [9.17, 15) is 8.39 Å². The molecule has 0 unspecified atom stereocenters. The lowest BCUT2D eigenvalue weighted by atomic mass is 10.2. The number of halogens is 2. The summed E-state index contributed by atoms with van der Waals surface area (Å²) in [5, 5.41) is 0. The topological polar surface area (TPSA) is 118 Å². The first-order chi connectivity index (χ1) is 10.3. The molecule has 0 aliphatic carbocycles. The Morgan fingerprint density at radius 1 is 0.696 bits per heavy atom. The van der Waals surface area contributed by atoms with E-state index in [-0.39, 0.29) is 0 Å². The van der Waals surface area contributed by atoms with Crippen molar-refractivity contribution in [3.8, 4) is 0 Å². The minimum atomic E-state index is -5.14. The maximum absolute atomic E-state index is 10.4. The highest BCUT2D eigenvalue weighted by Crippen LogP contribution is 2.35. The number of hydrogen-bond acceptors (Lipinski definition) is 3. The number of hydrogen-bond donors (Lipinski definition) is 4. The molecule has 0 atom stereocenters. The van der Waals surface area contributed by atoms with Crippen LogP contribution in [0.4, 0.5) is 8.39 Å². The third-order valence-corrected chi connectivity index (χ3v) is 2.48. The van der Waals surface area contributed by atoms with Crippen LogP contribution in [-0.4, -0.2) is 44.1 Å². The van der Waals surface area contributed by atoms with E-state index in [1.807, 2.05) is 0 Å². The molecule has 0 rings (SSSR count). The van der Waals surface area contributed by atoms with Gasteiger partial charge in [-0.15, -0.1) is 8.39 Å². The van der Waals surface area contributed by atoms with Crippen LogP contribution >= 0.6 is 15.8 Å². The van der Waals surface area contributed by atoms with E-state index in [4.69, 9.17) is 28.7 Å². The zero-order valence-electron chi connectivity index (χ0n) is 14.1. The van der Waals surface area contributed by atoms with E-state index >= 15 is 0 Å². The van der Waals surface area contributed by atoms with Gasteiger partial charge in [0.05, 0.1) is 0 Å². The van der Waals surface area contributed by atoms with Crippen LogP contribution in [0.15, 0.2) is 0 Å². The molecule has 0 fully saturated rings. The van der Waals surface area contributed by atoms with E-state index in [0.29, 0.717) is 0 Å². The second-order valence-electron chi connectivity index (χ2n) is 4.85. The average Bonchev–Trinajstić information content (AvgIpc) is 2.34. The van der Waals surface area contributed by atoms with E-state index in [1.165, 1.54) is 58.2 Å². The van der Waals surface area contributed by atoms with Crippen molar-refractivity contribution in [2.75, 3.05) is 19.6 Å². The molecule has 0 radical (unpaired) electrons. The minimum Gasteiger partial charge on any atom is -0.303 e. The van der Waals surface area contributed by atoms with E-state index in [2.05, 4.69) is 25.7 Å². The molecule has 0 aliphatic rings. The highest BCUT2D eigenvalue weighted by molar-refractivity contribution is 7.46. The van der Waals surface area contributed by atoms with E-state index in [1.54, 1.807) is 0 Å². The van der Waals surface area contributed by atoms with Gasteiger partial charge in [0.1, 0.15) is 0 Å². The quantitative estimate of drug-likeness (QED) is 0.446. The van der Waals surface area contributed by atoms with Gasteiger partial charge in [0.15, 0.2) is 0 Å². The predicted octanol–water partition coefficient (Wildman–Crippen LogP) is 3.79. The van der Waals surface area contributed by atoms with Crippen molar-refractivity contribution in [1.29, 1.82) is 0 Å². The van der Waals surface area contributed by atoms with Crippen LogP contribution in [0, 0.1) is 0 Å². The summed E-state index contributed by atoms with van der Waals surface area (Å²) in [5.41, 5.74) is 0. The summed E-state index contributed by atoms with van der Waals surface area (Å²) in [6, 6.07) is 0. The van der Waals surface area contributed by atoms with Gasteiger partial charge in [0.2, 0.25) is 0 Å². The van der Waals surface area contributed by atoms with E-state index in [0.717, 1.165) is 0 Å². The van der Waals surface area contributed by atoms with E-state index < -0.39 is 15.8 Å². The first-order valence-electron chi connectivity index (χ1n) is 7.57. The summed E-state index contributed by atoms with van der Waals surface area (Å²) in [4.78, 5) is 30.5. The Bertz CT molecular complexity index is 282. The van der Waals surface area contributed by atoms with Gasteiger partial charge in [0.25, 0.3) is 0 Å². The van der Waals surface area contributed by atoms with Crippen LogP contribution in [-0.2, 0) is 9.13 Å². The molecule has 0 saturated carbocycles. The molecule has 144 valence electrons. The third-order valence-electron chi connectivity index (χ3n) is 2.48. The van der Waals surface area contributed by atoms with Gasteiger partial charge < -0.3 is 4.90 Å². The van der Waals surface area contributed by atoms with Gasteiger partial charge in [-0.3, -0.25) is 19.6 Å². The average molecular weight is 385 g/mol. The van der Waals surface area contributed by atoms with Gasteiger partial charge in [-0.1, -0.05) is 40.0 Å². The molecule has 0 saturated heterocycles. The number of nitrogens with zero attached hydrogens (tertiary/aromatic N) is 1. The third kappa shape index (κ3) is 61.0. The summed E-state index contributed by atoms with van der Waals surface area (Å²) in [6.45, 7) is 10.8. The van der Waals surface area contributed by atoms with Crippen LogP contribution < -0.4 is 0 Å². The molecule has 0 aromatic heterocycles. The predicted molar refractivity (Wildman–Crippen MR) is 87.5 cm³/mol. The molecule has 0 spiro atoms. The minimum absolute atomic E-state index is 1.32.